The van der Waals surface area contributed by atoms with E-state index in [0.29, 0.717) is 43.1 Å². The molecule has 1 aromatic heterocycles. The Morgan fingerprint density at radius 1 is 1.09 bits per heavy atom. The van der Waals surface area contributed by atoms with Crippen molar-refractivity contribution in [3.8, 4) is 0 Å². The fourth-order valence-corrected chi connectivity index (χ4v) is 4.06. The van der Waals surface area contributed by atoms with E-state index in [1.54, 1.807) is 0 Å². The number of aromatic nitrogens is 1. The highest BCUT2D eigenvalue weighted by molar-refractivity contribution is 6.30. The van der Waals surface area contributed by atoms with Gasteiger partial charge in [0.25, 0.3) is 5.91 Å². The zero-order valence-electron chi connectivity index (χ0n) is 19.4. The fourth-order valence-electron chi connectivity index (χ4n) is 3.93. The minimum absolute atomic E-state index is 0.102. The molecule has 1 aliphatic rings. The van der Waals surface area contributed by atoms with E-state index in [2.05, 4.69) is 10.3 Å². The van der Waals surface area contributed by atoms with Crippen LogP contribution in [0.25, 0.3) is 0 Å². The Balaban J connectivity index is 1.35. The summed E-state index contributed by atoms with van der Waals surface area (Å²) in [5.41, 5.74) is 3.34. The predicted molar refractivity (Wildman–Crippen MR) is 128 cm³/mol. The molecule has 4 rings (SSSR count). The Labute approximate surface area is 208 Å². The molecular formula is C26H27ClN2O6. The van der Waals surface area contributed by atoms with E-state index in [1.165, 1.54) is 13.4 Å². The second kappa shape index (κ2) is 12.0. The molecule has 0 bridgehead atoms. The number of halogens is 1. The number of nitrogens with one attached hydrogen (secondary N) is 1. The molecule has 1 amide bonds. The Morgan fingerprint density at radius 3 is 2.63 bits per heavy atom. The number of benzene rings is 2. The van der Waals surface area contributed by atoms with Gasteiger partial charge in [-0.15, -0.1) is 0 Å². The average Bonchev–Trinajstić information content (AvgIpc) is 3.54. The lowest BCUT2D eigenvalue weighted by Crippen LogP contribution is -2.26. The molecule has 2 heterocycles. The molecule has 0 radical (unpaired) electrons. The maximum atomic E-state index is 12.5. The summed E-state index contributed by atoms with van der Waals surface area (Å²) in [6.45, 7) is 0.557. The molecule has 2 aromatic carbocycles. The minimum Gasteiger partial charge on any atom is -0.469 e. The Bertz CT molecular complexity index is 1150. The van der Waals surface area contributed by atoms with Crippen molar-refractivity contribution >= 4 is 23.5 Å². The molecule has 9 heteroatoms. The molecule has 0 aliphatic carbocycles. The summed E-state index contributed by atoms with van der Waals surface area (Å²) in [4.78, 5) is 28.4. The van der Waals surface area contributed by atoms with Crippen LogP contribution in [0.1, 0.15) is 45.6 Å². The van der Waals surface area contributed by atoms with Crippen LogP contribution >= 0.6 is 11.6 Å². The lowest BCUT2D eigenvalue weighted by Gasteiger charge is -2.16. The van der Waals surface area contributed by atoms with Crippen LogP contribution in [0.3, 0.4) is 0 Å². The third-order valence-electron chi connectivity index (χ3n) is 5.84. The fraction of sp³-hybridized carbons (Fsp3) is 0.346. The Kier molecular flexibility index (Phi) is 8.52. The number of hydrogen-bond acceptors (Lipinski definition) is 7. The minimum atomic E-state index is -0.542. The van der Waals surface area contributed by atoms with Crippen LogP contribution in [0.5, 0.6) is 0 Å². The number of rotatable bonds is 10. The first-order valence-electron chi connectivity index (χ1n) is 11.4. The molecule has 8 nitrogen and oxygen atoms in total. The number of carbonyl (C=O) groups is 2. The number of nitrogens with zero attached hydrogens (tertiary/aromatic N) is 1. The predicted octanol–water partition coefficient (Wildman–Crippen LogP) is 4.06. The van der Waals surface area contributed by atoms with Gasteiger partial charge < -0.3 is 23.9 Å². The zero-order chi connectivity index (χ0) is 24.6. The first-order valence-corrected chi connectivity index (χ1v) is 11.8. The van der Waals surface area contributed by atoms with Crippen LogP contribution in [0, 0.1) is 0 Å². The van der Waals surface area contributed by atoms with Crippen LogP contribution in [0.4, 0.5) is 0 Å². The first kappa shape index (κ1) is 24.9. The number of amides is 1. The van der Waals surface area contributed by atoms with E-state index in [1.807, 2.05) is 48.5 Å². The maximum Gasteiger partial charge on any atom is 0.305 e. The van der Waals surface area contributed by atoms with E-state index in [4.69, 9.17) is 30.2 Å². The highest BCUT2D eigenvalue weighted by Gasteiger charge is 2.35. The van der Waals surface area contributed by atoms with E-state index in [0.717, 1.165) is 16.7 Å². The number of ether oxygens (including phenoxy) is 3. The van der Waals surface area contributed by atoms with E-state index in [-0.39, 0.29) is 30.5 Å². The van der Waals surface area contributed by atoms with Crippen molar-refractivity contribution in [1.82, 2.24) is 10.3 Å². The van der Waals surface area contributed by atoms with Crippen molar-refractivity contribution < 1.29 is 28.2 Å². The lowest BCUT2D eigenvalue weighted by molar-refractivity contribution is -0.140. The summed E-state index contributed by atoms with van der Waals surface area (Å²) in [6, 6.07) is 15.4. The third kappa shape index (κ3) is 6.69. The van der Waals surface area contributed by atoms with Crippen molar-refractivity contribution in [3.63, 3.8) is 0 Å². The Morgan fingerprint density at radius 2 is 1.86 bits per heavy atom. The number of methoxy groups -OCH3 is 1. The van der Waals surface area contributed by atoms with Gasteiger partial charge in [-0.3, -0.25) is 9.59 Å². The topological polar surface area (TPSA) is 99.9 Å². The van der Waals surface area contributed by atoms with Gasteiger partial charge >= 0.3 is 5.97 Å². The Hall–Kier alpha value is -3.20. The summed E-state index contributed by atoms with van der Waals surface area (Å²) in [7, 11) is 1.38. The second-order valence-corrected chi connectivity index (χ2v) is 8.60. The van der Waals surface area contributed by atoms with Crippen molar-refractivity contribution in [2.45, 2.75) is 37.9 Å². The molecule has 2 atom stereocenters. The van der Waals surface area contributed by atoms with Crippen LogP contribution in [-0.2, 0) is 38.3 Å². The molecule has 1 saturated heterocycles. The van der Waals surface area contributed by atoms with E-state index in [9.17, 15) is 9.59 Å². The van der Waals surface area contributed by atoms with Crippen molar-refractivity contribution in [1.29, 1.82) is 0 Å². The van der Waals surface area contributed by atoms with Gasteiger partial charge in [0.05, 0.1) is 13.2 Å². The number of carbonyl (C=O) groups excluding carboxylic acids is 2. The van der Waals surface area contributed by atoms with Crippen molar-refractivity contribution in [2.24, 2.45) is 0 Å². The molecular weight excluding hydrogens is 472 g/mol. The number of aryl methyl sites for hydroxylation is 1. The molecule has 1 N–H and O–H groups in total. The molecule has 0 saturated carbocycles. The summed E-state index contributed by atoms with van der Waals surface area (Å²) >= 11 is 5.90. The highest BCUT2D eigenvalue weighted by atomic mass is 35.5. The standard InChI is InChI=1S/C26H27ClN2O6/c1-32-23(30)11-8-18-4-2-3-5-19(18)14-22-24(35-16-34-22)26-29-21(15-33-26)25(31)28-13-12-17-6-9-20(27)10-7-17/h2-7,9-10,15,22,24H,8,11-14,16H2,1H3,(H,28,31)/t22-,24-/m0/s1. The molecule has 0 spiro atoms. The van der Waals surface area contributed by atoms with Crippen molar-refractivity contribution in [2.75, 3.05) is 20.4 Å². The van der Waals surface area contributed by atoms with Gasteiger partial charge in [-0.05, 0) is 41.7 Å². The second-order valence-electron chi connectivity index (χ2n) is 8.16. The molecule has 3 aromatic rings. The summed E-state index contributed by atoms with van der Waals surface area (Å²) in [6.07, 6.45) is 2.54. The summed E-state index contributed by atoms with van der Waals surface area (Å²) in [5.74, 6) is -0.281. The monoisotopic (exact) mass is 498 g/mol. The maximum absolute atomic E-state index is 12.5. The highest BCUT2D eigenvalue weighted by Crippen LogP contribution is 2.31. The smallest absolute Gasteiger partial charge is 0.305 e. The quantitative estimate of drug-likeness (QED) is 0.421. The zero-order valence-corrected chi connectivity index (χ0v) is 20.1. The van der Waals surface area contributed by atoms with E-state index >= 15 is 0 Å². The number of esters is 1. The van der Waals surface area contributed by atoms with Gasteiger partial charge in [-0.1, -0.05) is 48.0 Å². The normalized spacial score (nSPS) is 17.3. The SMILES string of the molecule is COC(=O)CCc1ccccc1C[C@@H]1OCO[C@@H]1c1nc(C(=O)NCCc2ccc(Cl)cc2)co1. The molecule has 184 valence electrons. The number of hydrogen-bond donors (Lipinski definition) is 1. The van der Waals surface area contributed by atoms with Gasteiger partial charge in [-0.25, -0.2) is 4.98 Å². The van der Waals surface area contributed by atoms with Gasteiger partial charge in [0.2, 0.25) is 5.89 Å². The van der Waals surface area contributed by atoms with Crippen LogP contribution in [-0.4, -0.2) is 43.4 Å². The van der Waals surface area contributed by atoms with Crippen LogP contribution < -0.4 is 5.32 Å². The van der Waals surface area contributed by atoms with Gasteiger partial charge in [0.15, 0.2) is 11.8 Å². The van der Waals surface area contributed by atoms with E-state index < -0.39 is 6.10 Å². The first-order chi connectivity index (χ1) is 17.0. The molecule has 35 heavy (non-hydrogen) atoms. The molecule has 1 aliphatic heterocycles. The van der Waals surface area contributed by atoms with Crippen molar-refractivity contribution in [3.05, 3.63) is 88.1 Å². The molecule has 1 fully saturated rings. The largest absolute Gasteiger partial charge is 0.469 e. The summed E-state index contributed by atoms with van der Waals surface area (Å²) in [5, 5.41) is 3.52. The van der Waals surface area contributed by atoms with Gasteiger partial charge in [0, 0.05) is 24.4 Å². The molecule has 0 unspecified atom stereocenters. The average molecular weight is 499 g/mol. The van der Waals surface area contributed by atoms with Crippen LogP contribution in [0.2, 0.25) is 5.02 Å². The number of oxazole rings is 1. The lowest BCUT2D eigenvalue weighted by atomic mass is 9.96. The summed E-state index contributed by atoms with van der Waals surface area (Å²) < 4.78 is 21.9. The van der Waals surface area contributed by atoms with Gasteiger partial charge in [-0.2, -0.15) is 0 Å². The third-order valence-corrected chi connectivity index (χ3v) is 6.10. The van der Waals surface area contributed by atoms with Gasteiger partial charge in [0.1, 0.15) is 13.1 Å². The van der Waals surface area contributed by atoms with Crippen LogP contribution in [0.15, 0.2) is 59.2 Å².